The van der Waals surface area contributed by atoms with Gasteiger partial charge in [-0.2, -0.15) is 0 Å². The molecule has 0 aromatic rings. The third-order valence-corrected chi connectivity index (χ3v) is 15.5. The van der Waals surface area contributed by atoms with E-state index in [1.807, 2.05) is 9.80 Å². The van der Waals surface area contributed by atoms with Crippen molar-refractivity contribution in [3.63, 3.8) is 0 Å². The van der Waals surface area contributed by atoms with Crippen molar-refractivity contribution >= 4 is 47.6 Å². The second-order valence-electron chi connectivity index (χ2n) is 23.1. The summed E-state index contributed by atoms with van der Waals surface area (Å²) in [5, 5.41) is 5.33. The van der Waals surface area contributed by atoms with Crippen molar-refractivity contribution in [2.75, 3.05) is 78.9 Å². The number of piperazine rings is 1. The Kier molecular flexibility index (Phi) is 52.2. The minimum absolute atomic E-state index is 0.00523. The molecule has 1 fully saturated rings. The average Bonchev–Trinajstić information content (AvgIpc) is 3.68. The Morgan fingerprint density at radius 2 is 0.488 bits per heavy atom. The van der Waals surface area contributed by atoms with Gasteiger partial charge in [0.25, 0.3) is 0 Å². The number of nitrogens with one attached hydrogen (secondary N) is 2. The number of amides is 2. The van der Waals surface area contributed by atoms with Gasteiger partial charge in [0.2, 0.25) is 11.8 Å². The predicted molar refractivity (Wildman–Crippen MR) is 330 cm³/mol. The number of hydrogen-bond donors (Lipinski definition) is 2. The van der Waals surface area contributed by atoms with Crippen LogP contribution in [0.1, 0.15) is 285 Å². The zero-order chi connectivity index (χ0) is 61.4. The minimum Gasteiger partial charge on any atom is -0.466 e. The number of esters is 6. The van der Waals surface area contributed by atoms with Crippen LogP contribution in [0, 0.1) is 0 Å². The molecule has 1 saturated heterocycles. The molecule has 488 valence electrons. The van der Waals surface area contributed by atoms with Gasteiger partial charge in [0, 0.05) is 52.1 Å². The molecule has 1 heterocycles. The second-order valence-corrected chi connectivity index (χ2v) is 23.1. The molecule has 0 saturated carbocycles. The lowest BCUT2D eigenvalue weighted by Gasteiger charge is -2.29. The van der Waals surface area contributed by atoms with Gasteiger partial charge in [-0.3, -0.25) is 48.2 Å². The predicted octanol–water partition coefficient (Wildman–Crippen LogP) is 12.5. The van der Waals surface area contributed by atoms with Gasteiger partial charge in [0.1, 0.15) is 25.3 Å². The lowest BCUT2D eigenvalue weighted by Crippen LogP contribution is -2.61. The quantitative estimate of drug-likeness (QED) is 0.0328. The molecule has 1 aliphatic heterocycles. The molecule has 18 nitrogen and oxygen atoms in total. The van der Waals surface area contributed by atoms with Crippen molar-refractivity contribution in [2.24, 2.45) is 0 Å². The highest BCUT2D eigenvalue weighted by Crippen LogP contribution is 2.14. The van der Waals surface area contributed by atoms with E-state index in [2.05, 4.69) is 38.3 Å². The largest absolute Gasteiger partial charge is 0.466 e. The molecule has 0 aromatic heterocycles. The Morgan fingerprint density at radius 3 is 0.726 bits per heavy atom. The lowest BCUT2D eigenvalue weighted by molar-refractivity contribution is -0.148. The summed E-state index contributed by atoms with van der Waals surface area (Å²) in [5.74, 6) is -3.40. The molecule has 0 radical (unpaired) electrons. The van der Waals surface area contributed by atoms with Crippen LogP contribution in [0.4, 0.5) is 0 Å². The molecule has 1 aliphatic rings. The average molecular weight is 1190 g/mol. The maximum absolute atomic E-state index is 13.1. The van der Waals surface area contributed by atoms with Gasteiger partial charge < -0.3 is 39.1 Å². The van der Waals surface area contributed by atoms with E-state index in [0.717, 1.165) is 77.0 Å². The number of ether oxygens (including phenoxy) is 6. The standard InChI is InChI=1S/C66H120N4O14/c1-5-9-13-17-21-25-29-33-51-79-61(73)41-45-69(46-42-62(74)80-52-34-30-26-22-18-14-10-6-2)49-55-83-59(71)39-37-57-65(77)68-58(66(78)67-57)38-40-60(72)84-56-50-70(47-43-63(75)81-53-35-31-27-23-19-15-11-7-3)48-44-64(76)82-54-36-32-28-24-20-16-12-8-4/h57-58H,5-56H2,1-4H3,(H,67,78)(H,68,77). The Bertz CT molecular complexity index is 1510. The molecule has 0 aliphatic carbocycles. The molecule has 2 unspecified atom stereocenters. The minimum atomic E-state index is -0.978. The van der Waals surface area contributed by atoms with Crippen LogP contribution in [0.25, 0.3) is 0 Å². The summed E-state index contributed by atoms with van der Waals surface area (Å²) >= 11 is 0. The van der Waals surface area contributed by atoms with Gasteiger partial charge in [-0.05, 0) is 38.5 Å². The number of nitrogens with zero attached hydrogens (tertiary/aromatic N) is 2. The summed E-state index contributed by atoms with van der Waals surface area (Å²) in [7, 11) is 0. The van der Waals surface area contributed by atoms with Crippen LogP contribution in [0.3, 0.4) is 0 Å². The van der Waals surface area contributed by atoms with E-state index < -0.39 is 35.8 Å². The van der Waals surface area contributed by atoms with Crippen LogP contribution in [0.5, 0.6) is 0 Å². The van der Waals surface area contributed by atoms with Crippen LogP contribution < -0.4 is 10.6 Å². The third-order valence-electron chi connectivity index (χ3n) is 15.5. The van der Waals surface area contributed by atoms with E-state index in [1.54, 1.807) is 0 Å². The molecule has 1 rings (SSSR count). The van der Waals surface area contributed by atoms with E-state index in [-0.39, 0.29) is 102 Å². The van der Waals surface area contributed by atoms with Crippen LogP contribution in [-0.2, 0) is 66.8 Å². The molecule has 18 heteroatoms. The second kappa shape index (κ2) is 56.5. The highest BCUT2D eigenvalue weighted by atomic mass is 16.6. The summed E-state index contributed by atoms with van der Waals surface area (Å²) in [4.78, 5) is 106. The van der Waals surface area contributed by atoms with Crippen molar-refractivity contribution in [3.8, 4) is 0 Å². The number of rotatable bonds is 60. The first-order chi connectivity index (χ1) is 40.9. The topological polar surface area (TPSA) is 222 Å². The first-order valence-corrected chi connectivity index (χ1v) is 33.9. The summed E-state index contributed by atoms with van der Waals surface area (Å²) in [6, 6.07) is -1.96. The van der Waals surface area contributed by atoms with E-state index in [9.17, 15) is 38.4 Å². The van der Waals surface area contributed by atoms with E-state index in [1.165, 1.54) is 128 Å². The molecule has 2 atom stereocenters. The lowest BCUT2D eigenvalue weighted by atomic mass is 10.0. The summed E-state index contributed by atoms with van der Waals surface area (Å²) < 4.78 is 33.0. The van der Waals surface area contributed by atoms with Crippen molar-refractivity contribution in [1.82, 2.24) is 20.4 Å². The molecule has 2 N–H and O–H groups in total. The van der Waals surface area contributed by atoms with Crippen LogP contribution in [0.15, 0.2) is 0 Å². The van der Waals surface area contributed by atoms with Crippen LogP contribution in [-0.4, -0.2) is 148 Å². The fourth-order valence-electron chi connectivity index (χ4n) is 9.97. The van der Waals surface area contributed by atoms with Gasteiger partial charge in [-0.15, -0.1) is 0 Å². The zero-order valence-electron chi connectivity index (χ0n) is 53.5. The molecular formula is C66H120N4O14. The summed E-state index contributed by atoms with van der Waals surface area (Å²) in [5.41, 5.74) is 0. The van der Waals surface area contributed by atoms with Crippen molar-refractivity contribution in [2.45, 2.75) is 297 Å². The van der Waals surface area contributed by atoms with Crippen molar-refractivity contribution in [3.05, 3.63) is 0 Å². The summed E-state index contributed by atoms with van der Waals surface area (Å²) in [6.45, 7) is 12.0. The fourth-order valence-corrected chi connectivity index (χ4v) is 9.97. The molecule has 0 spiro atoms. The van der Waals surface area contributed by atoms with E-state index in [4.69, 9.17) is 28.4 Å². The molecule has 2 amide bonds. The van der Waals surface area contributed by atoms with E-state index >= 15 is 0 Å². The van der Waals surface area contributed by atoms with Gasteiger partial charge in [0.15, 0.2) is 0 Å². The Labute approximate surface area is 508 Å². The third kappa shape index (κ3) is 47.9. The van der Waals surface area contributed by atoms with Gasteiger partial charge in [0.05, 0.1) is 52.1 Å². The number of hydrogen-bond acceptors (Lipinski definition) is 16. The number of carbonyl (C=O) groups excluding carboxylic acids is 8. The molecule has 0 aromatic carbocycles. The summed E-state index contributed by atoms with van der Waals surface area (Å²) in [6.07, 6.45) is 36.7. The molecule has 84 heavy (non-hydrogen) atoms. The maximum Gasteiger partial charge on any atom is 0.307 e. The zero-order valence-corrected chi connectivity index (χ0v) is 53.5. The highest BCUT2D eigenvalue weighted by Gasteiger charge is 2.34. The Balaban J connectivity index is 2.58. The fraction of sp³-hybridized carbons (Fsp3) is 0.879. The Morgan fingerprint density at radius 1 is 0.286 bits per heavy atom. The highest BCUT2D eigenvalue weighted by molar-refractivity contribution is 5.97. The number of carbonyl (C=O) groups is 8. The van der Waals surface area contributed by atoms with Crippen LogP contribution >= 0.6 is 0 Å². The SMILES string of the molecule is CCCCCCCCCCOC(=O)CCN(CCOC(=O)CCC1NC(=O)C(CCC(=O)OCCN(CCC(=O)OCCCCCCCCCC)CCC(=O)OCCCCCCCCCC)NC1=O)CCC(=O)OCCCCCCCCCC. The molecule has 0 bridgehead atoms. The molecular weight excluding hydrogens is 1070 g/mol. The van der Waals surface area contributed by atoms with Crippen molar-refractivity contribution in [1.29, 1.82) is 0 Å². The smallest absolute Gasteiger partial charge is 0.307 e. The monoisotopic (exact) mass is 1190 g/mol. The maximum atomic E-state index is 13.1. The number of unbranched alkanes of at least 4 members (excludes halogenated alkanes) is 28. The van der Waals surface area contributed by atoms with Crippen LogP contribution in [0.2, 0.25) is 0 Å². The van der Waals surface area contributed by atoms with E-state index in [0.29, 0.717) is 52.6 Å². The first-order valence-electron chi connectivity index (χ1n) is 33.9. The van der Waals surface area contributed by atoms with Gasteiger partial charge in [-0.25, -0.2) is 0 Å². The Hall–Kier alpha value is -4.32. The van der Waals surface area contributed by atoms with Crippen molar-refractivity contribution < 1.29 is 66.8 Å². The van der Waals surface area contributed by atoms with Gasteiger partial charge in [-0.1, -0.05) is 207 Å². The van der Waals surface area contributed by atoms with Gasteiger partial charge >= 0.3 is 35.8 Å². The first kappa shape index (κ1) is 77.7. The normalized spacial score (nSPS) is 14.1.